The molecule has 0 aliphatic rings. The SMILES string of the molecule is N#Cc1nc(C(F)F)cc(Br)c1O. The standard InChI is InChI=1S/C7H3BrF2N2O/c8-3-1-4(7(9)10)12-5(2-11)6(3)13/h1,7,13H. The van der Waals surface area contributed by atoms with Gasteiger partial charge in [-0.25, -0.2) is 13.8 Å². The number of aromatic hydroxyl groups is 1. The van der Waals surface area contributed by atoms with Crippen molar-refractivity contribution < 1.29 is 13.9 Å². The van der Waals surface area contributed by atoms with Gasteiger partial charge in [-0.3, -0.25) is 0 Å². The van der Waals surface area contributed by atoms with E-state index in [1.165, 1.54) is 6.07 Å². The van der Waals surface area contributed by atoms with Crippen LogP contribution in [0, 0.1) is 11.3 Å². The van der Waals surface area contributed by atoms with Crippen molar-refractivity contribution in [2.24, 2.45) is 0 Å². The van der Waals surface area contributed by atoms with Gasteiger partial charge in [0.15, 0.2) is 11.4 Å². The Labute approximate surface area is 80.8 Å². The minimum absolute atomic E-state index is 0.0364. The third kappa shape index (κ3) is 1.92. The summed E-state index contributed by atoms with van der Waals surface area (Å²) < 4.78 is 24.3. The van der Waals surface area contributed by atoms with Crippen LogP contribution in [0.4, 0.5) is 8.78 Å². The fourth-order valence-corrected chi connectivity index (χ4v) is 1.14. The van der Waals surface area contributed by atoms with E-state index in [9.17, 15) is 8.78 Å². The quantitative estimate of drug-likeness (QED) is 0.830. The first-order valence-electron chi connectivity index (χ1n) is 3.14. The van der Waals surface area contributed by atoms with Crippen LogP contribution in [-0.4, -0.2) is 10.1 Å². The first-order valence-corrected chi connectivity index (χ1v) is 3.93. The number of alkyl halides is 2. The van der Waals surface area contributed by atoms with E-state index in [1.807, 2.05) is 0 Å². The summed E-state index contributed by atoms with van der Waals surface area (Å²) in [5.74, 6) is -0.424. The highest BCUT2D eigenvalue weighted by Gasteiger charge is 2.15. The Kier molecular flexibility index (Phi) is 2.78. The van der Waals surface area contributed by atoms with Crippen molar-refractivity contribution in [2.45, 2.75) is 6.43 Å². The summed E-state index contributed by atoms with van der Waals surface area (Å²) in [6.45, 7) is 0. The molecule has 0 saturated carbocycles. The number of rotatable bonds is 1. The molecule has 0 saturated heterocycles. The topological polar surface area (TPSA) is 56.9 Å². The molecule has 0 fully saturated rings. The van der Waals surface area contributed by atoms with Gasteiger partial charge in [-0.1, -0.05) is 0 Å². The number of nitrogens with zero attached hydrogens (tertiary/aromatic N) is 2. The average molecular weight is 249 g/mol. The molecule has 1 aromatic rings. The summed E-state index contributed by atoms with van der Waals surface area (Å²) in [7, 11) is 0. The zero-order valence-electron chi connectivity index (χ0n) is 6.13. The summed E-state index contributed by atoms with van der Waals surface area (Å²) >= 11 is 2.83. The van der Waals surface area contributed by atoms with Gasteiger partial charge in [-0.15, -0.1) is 0 Å². The van der Waals surface area contributed by atoms with Crippen LogP contribution >= 0.6 is 15.9 Å². The molecule has 0 unspecified atom stereocenters. The molecule has 1 N–H and O–H groups in total. The van der Waals surface area contributed by atoms with Gasteiger partial charge in [0.05, 0.1) is 4.47 Å². The molecule has 13 heavy (non-hydrogen) atoms. The largest absolute Gasteiger partial charge is 0.504 e. The molecule has 1 heterocycles. The normalized spacial score (nSPS) is 10.1. The van der Waals surface area contributed by atoms with Crippen LogP contribution in [0.3, 0.4) is 0 Å². The van der Waals surface area contributed by atoms with Crippen LogP contribution in [0.25, 0.3) is 0 Å². The van der Waals surface area contributed by atoms with E-state index in [0.717, 1.165) is 6.07 Å². The Hall–Kier alpha value is -1.22. The van der Waals surface area contributed by atoms with Crippen LogP contribution < -0.4 is 0 Å². The van der Waals surface area contributed by atoms with Crippen molar-refractivity contribution in [3.05, 3.63) is 21.9 Å². The molecule has 0 aliphatic heterocycles. The van der Waals surface area contributed by atoms with Gasteiger partial charge in [0.25, 0.3) is 6.43 Å². The van der Waals surface area contributed by atoms with Crippen molar-refractivity contribution in [3.8, 4) is 11.8 Å². The molecular formula is C7H3BrF2N2O. The molecule has 6 heteroatoms. The Balaban J connectivity index is 3.32. The van der Waals surface area contributed by atoms with Crippen molar-refractivity contribution in [1.29, 1.82) is 5.26 Å². The number of hydrogen-bond acceptors (Lipinski definition) is 3. The predicted molar refractivity (Wildman–Crippen MR) is 43.3 cm³/mol. The summed E-state index contributed by atoms with van der Waals surface area (Å²) in [4.78, 5) is 3.26. The van der Waals surface area contributed by atoms with E-state index in [-0.39, 0.29) is 4.47 Å². The van der Waals surface area contributed by atoms with Crippen molar-refractivity contribution in [1.82, 2.24) is 4.98 Å². The van der Waals surface area contributed by atoms with Gasteiger partial charge in [0, 0.05) is 0 Å². The molecule has 0 atom stereocenters. The smallest absolute Gasteiger partial charge is 0.280 e. The maximum absolute atomic E-state index is 12.1. The van der Waals surface area contributed by atoms with Gasteiger partial charge in [-0.2, -0.15) is 5.26 Å². The lowest BCUT2D eigenvalue weighted by atomic mass is 10.3. The second kappa shape index (κ2) is 3.66. The molecule has 0 radical (unpaired) electrons. The van der Waals surface area contributed by atoms with Gasteiger partial charge in [0.2, 0.25) is 0 Å². The first-order chi connectivity index (χ1) is 6.06. The van der Waals surface area contributed by atoms with E-state index >= 15 is 0 Å². The van der Waals surface area contributed by atoms with Crippen molar-refractivity contribution in [2.75, 3.05) is 0 Å². The maximum Gasteiger partial charge on any atom is 0.280 e. The highest BCUT2D eigenvalue weighted by molar-refractivity contribution is 9.10. The van der Waals surface area contributed by atoms with Crippen LogP contribution in [0.1, 0.15) is 17.8 Å². The van der Waals surface area contributed by atoms with Crippen molar-refractivity contribution in [3.63, 3.8) is 0 Å². The summed E-state index contributed by atoms with van der Waals surface area (Å²) in [6, 6.07) is 2.48. The second-order valence-corrected chi connectivity index (χ2v) is 2.99. The third-order valence-corrected chi connectivity index (χ3v) is 1.90. The molecule has 0 aromatic carbocycles. The average Bonchev–Trinajstić information content (AvgIpc) is 2.09. The number of halogens is 3. The molecule has 0 spiro atoms. The zero-order valence-corrected chi connectivity index (χ0v) is 7.72. The third-order valence-electron chi connectivity index (χ3n) is 1.30. The summed E-state index contributed by atoms with van der Waals surface area (Å²) in [5, 5.41) is 17.5. The highest BCUT2D eigenvalue weighted by atomic mass is 79.9. The van der Waals surface area contributed by atoms with Crippen LogP contribution in [0.5, 0.6) is 5.75 Å². The number of hydrogen-bond donors (Lipinski definition) is 1. The molecule has 1 aromatic heterocycles. The minimum Gasteiger partial charge on any atom is -0.504 e. The maximum atomic E-state index is 12.1. The molecule has 0 amide bonds. The fraction of sp³-hybridized carbons (Fsp3) is 0.143. The Morgan fingerprint density at radius 1 is 1.62 bits per heavy atom. The summed E-state index contributed by atoms with van der Waals surface area (Å²) in [6.07, 6.45) is -2.76. The van der Waals surface area contributed by atoms with Gasteiger partial charge >= 0.3 is 0 Å². The van der Waals surface area contributed by atoms with Crippen LogP contribution in [0.15, 0.2) is 10.5 Å². The van der Waals surface area contributed by atoms with Gasteiger partial charge in [0.1, 0.15) is 11.8 Å². The molecule has 0 aliphatic carbocycles. The molecule has 1 rings (SSSR count). The number of pyridine rings is 1. The second-order valence-electron chi connectivity index (χ2n) is 2.14. The minimum atomic E-state index is -2.76. The van der Waals surface area contributed by atoms with E-state index in [0.29, 0.717) is 0 Å². The monoisotopic (exact) mass is 248 g/mol. The van der Waals surface area contributed by atoms with Gasteiger partial charge < -0.3 is 5.11 Å². The van der Waals surface area contributed by atoms with E-state index in [4.69, 9.17) is 10.4 Å². The molecule has 0 bridgehead atoms. The Morgan fingerprint density at radius 2 is 2.23 bits per heavy atom. The van der Waals surface area contributed by atoms with Crippen molar-refractivity contribution >= 4 is 15.9 Å². The Morgan fingerprint density at radius 3 is 2.69 bits per heavy atom. The van der Waals surface area contributed by atoms with Crippen LogP contribution in [-0.2, 0) is 0 Å². The number of aromatic nitrogens is 1. The lowest BCUT2D eigenvalue weighted by Gasteiger charge is -2.02. The lowest BCUT2D eigenvalue weighted by Crippen LogP contribution is -1.94. The summed E-state index contributed by atoms with van der Waals surface area (Å²) in [5.41, 5.74) is -0.953. The predicted octanol–water partition coefficient (Wildman–Crippen LogP) is 2.36. The van der Waals surface area contributed by atoms with Crippen LogP contribution in [0.2, 0.25) is 0 Å². The fourth-order valence-electron chi connectivity index (χ4n) is 0.715. The highest BCUT2D eigenvalue weighted by Crippen LogP contribution is 2.29. The van der Waals surface area contributed by atoms with E-state index < -0.39 is 23.6 Å². The number of nitriles is 1. The lowest BCUT2D eigenvalue weighted by molar-refractivity contribution is 0.145. The van der Waals surface area contributed by atoms with Gasteiger partial charge in [-0.05, 0) is 22.0 Å². The first kappa shape index (κ1) is 9.86. The Bertz CT molecular complexity index is 375. The van der Waals surface area contributed by atoms with E-state index in [2.05, 4.69) is 20.9 Å². The van der Waals surface area contributed by atoms with E-state index in [1.54, 1.807) is 0 Å². The zero-order chi connectivity index (χ0) is 10.0. The molecular weight excluding hydrogens is 246 g/mol. The molecule has 68 valence electrons. The molecule has 3 nitrogen and oxygen atoms in total.